The highest BCUT2D eigenvalue weighted by Crippen LogP contribution is 2.37. The predicted molar refractivity (Wildman–Crippen MR) is 94.8 cm³/mol. The van der Waals surface area contributed by atoms with Gasteiger partial charge in [-0.2, -0.15) is 0 Å². The van der Waals surface area contributed by atoms with E-state index in [0.717, 1.165) is 16.9 Å². The number of hydrogen-bond acceptors (Lipinski definition) is 4. The maximum Gasteiger partial charge on any atom is 0.317 e. The first kappa shape index (κ1) is 17.0. The van der Waals surface area contributed by atoms with E-state index in [1.807, 2.05) is 54.6 Å². The van der Waals surface area contributed by atoms with Crippen LogP contribution in [0.4, 0.5) is 0 Å². The molecule has 4 nitrogen and oxygen atoms in total. The van der Waals surface area contributed by atoms with Gasteiger partial charge in [0.1, 0.15) is 11.7 Å². The van der Waals surface area contributed by atoms with Crippen molar-refractivity contribution in [1.82, 2.24) is 0 Å². The van der Waals surface area contributed by atoms with Crippen LogP contribution in [0.5, 0.6) is 0 Å². The molecular formula is C21H20O4. The van der Waals surface area contributed by atoms with Crippen LogP contribution in [0.25, 0.3) is 6.08 Å². The lowest BCUT2D eigenvalue weighted by Crippen LogP contribution is -2.34. The molecule has 0 saturated carbocycles. The number of benzene rings is 1. The molecule has 0 N–H and O–H groups in total. The van der Waals surface area contributed by atoms with E-state index in [0.29, 0.717) is 6.42 Å². The molecule has 2 atom stereocenters. The van der Waals surface area contributed by atoms with Crippen LogP contribution in [-0.4, -0.2) is 18.4 Å². The van der Waals surface area contributed by atoms with Gasteiger partial charge in [-0.25, -0.2) is 0 Å². The fraction of sp³-hybridized carbons (Fsp3) is 0.238. The maximum absolute atomic E-state index is 12.6. The van der Waals surface area contributed by atoms with E-state index in [-0.39, 0.29) is 18.3 Å². The third kappa shape index (κ3) is 3.97. The monoisotopic (exact) mass is 336 g/mol. The predicted octanol–water partition coefficient (Wildman–Crippen LogP) is 4.16. The van der Waals surface area contributed by atoms with Crippen LogP contribution in [0.3, 0.4) is 0 Å². The Balaban J connectivity index is 1.90. The van der Waals surface area contributed by atoms with Gasteiger partial charge in [0.05, 0.1) is 12.9 Å². The molecule has 1 aliphatic carbocycles. The Labute approximate surface area is 146 Å². The Morgan fingerprint density at radius 1 is 1.20 bits per heavy atom. The van der Waals surface area contributed by atoms with Gasteiger partial charge in [-0.15, -0.1) is 0 Å². The Kier molecular flexibility index (Phi) is 5.29. The van der Waals surface area contributed by atoms with Crippen LogP contribution < -0.4 is 0 Å². The molecule has 0 unspecified atom stereocenters. The van der Waals surface area contributed by atoms with E-state index < -0.39 is 11.9 Å². The second kappa shape index (κ2) is 7.79. The summed E-state index contributed by atoms with van der Waals surface area (Å²) in [6, 6.07) is 13.3. The van der Waals surface area contributed by atoms with E-state index >= 15 is 0 Å². The molecule has 1 heterocycles. The second-order valence-corrected chi connectivity index (χ2v) is 5.92. The minimum absolute atomic E-state index is 0.211. The minimum atomic E-state index is -0.789. The average molecular weight is 336 g/mol. The Bertz CT molecular complexity index is 785. The number of furan rings is 1. The topological polar surface area (TPSA) is 56.5 Å². The first-order chi connectivity index (χ1) is 12.2. The van der Waals surface area contributed by atoms with E-state index in [1.54, 1.807) is 19.3 Å². The van der Waals surface area contributed by atoms with E-state index in [9.17, 15) is 9.59 Å². The van der Waals surface area contributed by atoms with Gasteiger partial charge in [0.15, 0.2) is 5.78 Å². The molecular weight excluding hydrogens is 316 g/mol. The quantitative estimate of drug-likeness (QED) is 0.608. The smallest absolute Gasteiger partial charge is 0.317 e. The average Bonchev–Trinajstić information content (AvgIpc) is 3.14. The molecule has 25 heavy (non-hydrogen) atoms. The number of rotatable bonds is 5. The zero-order chi connectivity index (χ0) is 17.6. The maximum atomic E-state index is 12.6. The van der Waals surface area contributed by atoms with Crippen molar-refractivity contribution in [1.29, 1.82) is 0 Å². The Morgan fingerprint density at radius 3 is 2.68 bits per heavy atom. The third-order valence-corrected chi connectivity index (χ3v) is 4.27. The van der Waals surface area contributed by atoms with Crippen LogP contribution in [0.15, 0.2) is 70.9 Å². The lowest BCUT2D eigenvalue weighted by atomic mass is 9.75. The molecule has 0 fully saturated rings. The highest BCUT2D eigenvalue weighted by molar-refractivity contribution is 6.07. The number of esters is 1. The van der Waals surface area contributed by atoms with Crippen LogP contribution in [0.1, 0.15) is 30.6 Å². The number of ketones is 1. The zero-order valence-corrected chi connectivity index (χ0v) is 14.1. The lowest BCUT2D eigenvalue weighted by Gasteiger charge is -2.28. The molecule has 0 spiro atoms. The Morgan fingerprint density at radius 2 is 2.00 bits per heavy atom. The summed E-state index contributed by atoms with van der Waals surface area (Å²) < 4.78 is 10.4. The highest BCUT2D eigenvalue weighted by Gasteiger charge is 2.38. The zero-order valence-electron chi connectivity index (χ0n) is 14.1. The molecule has 3 rings (SSSR count). The molecule has 0 saturated heterocycles. The first-order valence-electron chi connectivity index (χ1n) is 8.36. The number of ether oxygens (including phenoxy) is 1. The third-order valence-electron chi connectivity index (χ3n) is 4.27. The van der Waals surface area contributed by atoms with Gasteiger partial charge in [-0.3, -0.25) is 9.59 Å². The molecule has 128 valence electrons. The van der Waals surface area contributed by atoms with Gasteiger partial charge >= 0.3 is 5.97 Å². The largest absolute Gasteiger partial charge is 0.465 e. The summed E-state index contributed by atoms with van der Waals surface area (Å²) in [6.45, 7) is 2.01. The first-order valence-corrected chi connectivity index (χ1v) is 8.36. The van der Waals surface area contributed by atoms with Crippen LogP contribution in [0, 0.1) is 5.92 Å². The fourth-order valence-corrected chi connectivity index (χ4v) is 3.12. The second-order valence-electron chi connectivity index (χ2n) is 5.92. The lowest BCUT2D eigenvalue weighted by molar-refractivity contribution is -0.151. The van der Waals surface area contributed by atoms with Gasteiger partial charge in [0, 0.05) is 5.92 Å². The summed E-state index contributed by atoms with van der Waals surface area (Å²) >= 11 is 0. The van der Waals surface area contributed by atoms with Crippen molar-refractivity contribution in [3.05, 3.63) is 77.8 Å². The Hall–Kier alpha value is -2.88. The van der Waals surface area contributed by atoms with Crippen molar-refractivity contribution in [2.75, 3.05) is 6.61 Å². The molecule has 0 bridgehead atoms. The summed E-state index contributed by atoms with van der Waals surface area (Å²) in [5.74, 6) is -0.960. The van der Waals surface area contributed by atoms with Crippen molar-refractivity contribution in [3.63, 3.8) is 0 Å². The summed E-state index contributed by atoms with van der Waals surface area (Å²) in [5.41, 5.74) is 1.83. The molecule has 0 aliphatic heterocycles. The van der Waals surface area contributed by atoms with Crippen molar-refractivity contribution in [3.8, 4) is 0 Å². The highest BCUT2D eigenvalue weighted by atomic mass is 16.5. The number of hydrogen-bond donors (Lipinski definition) is 0. The number of allylic oxidation sites excluding steroid dienone is 3. The van der Waals surface area contributed by atoms with Gasteiger partial charge < -0.3 is 9.15 Å². The van der Waals surface area contributed by atoms with Gasteiger partial charge in [0.25, 0.3) is 0 Å². The molecule has 2 aromatic rings. The van der Waals surface area contributed by atoms with E-state index in [2.05, 4.69) is 0 Å². The normalized spacial score (nSPS) is 20.5. The summed E-state index contributed by atoms with van der Waals surface area (Å²) in [4.78, 5) is 25.0. The van der Waals surface area contributed by atoms with Crippen molar-refractivity contribution in [2.24, 2.45) is 5.92 Å². The minimum Gasteiger partial charge on any atom is -0.465 e. The fourth-order valence-electron chi connectivity index (χ4n) is 3.12. The standard InChI is InChI=1S/C21H20O4/c1-2-24-21(23)20-18(16-7-4-3-5-8-16)13-15(14-19(20)22)10-11-17-9-6-12-25-17/h3-12,14,18,20H,2,13H2,1H3/b11-10+/t18-,20-/m1/s1. The van der Waals surface area contributed by atoms with Crippen molar-refractivity contribution < 1.29 is 18.7 Å². The molecule has 1 aromatic heterocycles. The molecule has 1 aliphatic rings. The SMILES string of the molecule is CCOC(=O)[C@H]1C(=O)C=C(/C=C/c2ccco2)C[C@@H]1c1ccccc1. The van der Waals surface area contributed by atoms with E-state index in [4.69, 9.17) is 9.15 Å². The van der Waals surface area contributed by atoms with Crippen LogP contribution >= 0.6 is 0 Å². The number of carbonyl (C=O) groups excluding carboxylic acids is 2. The molecule has 1 aromatic carbocycles. The van der Waals surface area contributed by atoms with Crippen LogP contribution in [0.2, 0.25) is 0 Å². The summed E-state index contributed by atoms with van der Waals surface area (Å²) in [5, 5.41) is 0. The van der Waals surface area contributed by atoms with Crippen LogP contribution in [-0.2, 0) is 14.3 Å². The molecule has 4 heteroatoms. The van der Waals surface area contributed by atoms with Gasteiger partial charge in [-0.05, 0) is 48.8 Å². The van der Waals surface area contributed by atoms with Gasteiger partial charge in [0.2, 0.25) is 0 Å². The summed E-state index contributed by atoms with van der Waals surface area (Å²) in [6.07, 6.45) is 7.43. The van der Waals surface area contributed by atoms with E-state index in [1.165, 1.54) is 0 Å². The molecule has 0 amide bonds. The number of carbonyl (C=O) groups is 2. The van der Waals surface area contributed by atoms with Crippen molar-refractivity contribution >= 4 is 17.8 Å². The van der Waals surface area contributed by atoms with Crippen molar-refractivity contribution in [2.45, 2.75) is 19.3 Å². The summed E-state index contributed by atoms with van der Waals surface area (Å²) in [7, 11) is 0. The molecule has 0 radical (unpaired) electrons. The van der Waals surface area contributed by atoms with Gasteiger partial charge in [-0.1, -0.05) is 36.4 Å².